The zero-order chi connectivity index (χ0) is 15.3. The van der Waals surface area contributed by atoms with Crippen LogP contribution in [0, 0.1) is 5.92 Å². The van der Waals surface area contributed by atoms with Crippen molar-refractivity contribution >= 4 is 16.1 Å². The van der Waals surface area contributed by atoms with Crippen LogP contribution in [0.25, 0.3) is 0 Å². The van der Waals surface area contributed by atoms with Crippen LogP contribution in [-0.4, -0.2) is 56.1 Å². The number of piperazine rings is 1. The van der Waals surface area contributed by atoms with Crippen molar-refractivity contribution < 1.29 is 13.2 Å². The third-order valence-corrected chi connectivity index (χ3v) is 5.52. The minimum absolute atomic E-state index is 0.143. The van der Waals surface area contributed by atoms with Gasteiger partial charge in [0.05, 0.1) is 6.26 Å². The Hall–Kier alpha value is -1.08. The van der Waals surface area contributed by atoms with Crippen LogP contribution in [0.15, 0.2) is 12.3 Å². The van der Waals surface area contributed by atoms with Crippen molar-refractivity contribution in [3.8, 4) is 0 Å². The second-order valence-corrected chi connectivity index (χ2v) is 7.84. The summed E-state index contributed by atoms with van der Waals surface area (Å²) in [6, 6.07) is -0.143. The molecule has 0 aromatic carbocycles. The number of sulfonamides is 1. The number of carbonyl (C=O) groups is 1. The van der Waals surface area contributed by atoms with Crippen molar-refractivity contribution in [1.29, 1.82) is 0 Å². The molecule has 0 aromatic rings. The number of hydrogen-bond donors (Lipinski definition) is 1. The summed E-state index contributed by atoms with van der Waals surface area (Å²) >= 11 is 0. The Morgan fingerprint density at radius 1 is 1.10 bits per heavy atom. The Morgan fingerprint density at radius 2 is 1.71 bits per heavy atom. The van der Waals surface area contributed by atoms with Gasteiger partial charge in [-0.2, -0.15) is 4.31 Å². The highest BCUT2D eigenvalue weighted by atomic mass is 32.2. The first kappa shape index (κ1) is 16.3. The van der Waals surface area contributed by atoms with Crippen LogP contribution in [0.4, 0.5) is 4.79 Å². The van der Waals surface area contributed by atoms with Gasteiger partial charge in [0.15, 0.2) is 0 Å². The van der Waals surface area contributed by atoms with E-state index >= 15 is 0 Å². The van der Waals surface area contributed by atoms with E-state index < -0.39 is 10.0 Å². The Bertz CT molecular complexity index is 476. The number of amides is 2. The molecule has 0 unspecified atom stereocenters. The van der Waals surface area contributed by atoms with E-state index in [1.807, 2.05) is 0 Å². The molecule has 1 aliphatic heterocycles. The Kier molecular flexibility index (Phi) is 5.64. The monoisotopic (exact) mass is 315 g/mol. The maximum Gasteiger partial charge on any atom is 0.321 e. The van der Waals surface area contributed by atoms with Gasteiger partial charge >= 0.3 is 6.03 Å². The van der Waals surface area contributed by atoms with Crippen molar-refractivity contribution in [3.63, 3.8) is 0 Å². The first-order valence-corrected chi connectivity index (χ1v) is 9.49. The lowest BCUT2D eigenvalue weighted by Gasteiger charge is -2.32. The van der Waals surface area contributed by atoms with Crippen molar-refractivity contribution in [2.24, 2.45) is 5.92 Å². The smallest absolute Gasteiger partial charge is 0.321 e. The molecule has 0 aromatic heterocycles. The van der Waals surface area contributed by atoms with E-state index in [4.69, 9.17) is 0 Å². The predicted molar refractivity (Wildman–Crippen MR) is 82.2 cm³/mol. The molecule has 1 saturated carbocycles. The molecule has 1 saturated heterocycles. The molecule has 21 heavy (non-hydrogen) atoms. The third-order valence-electron chi connectivity index (χ3n) is 4.22. The highest BCUT2D eigenvalue weighted by molar-refractivity contribution is 7.88. The van der Waals surface area contributed by atoms with Crippen molar-refractivity contribution in [3.05, 3.63) is 12.3 Å². The molecule has 0 bridgehead atoms. The van der Waals surface area contributed by atoms with Gasteiger partial charge in [-0.05, 0) is 18.8 Å². The summed E-state index contributed by atoms with van der Waals surface area (Å²) in [4.78, 5) is 13.7. The standard InChI is InChI=1S/C14H25N3O3S/c1-21(19,20)17-11-9-16(10-12-17)14(18)15-8-7-13-5-3-2-4-6-13/h7-8,13H,2-6,9-12H2,1H3,(H,15,18)/b8-7+. The molecule has 2 rings (SSSR count). The fraction of sp³-hybridized carbons (Fsp3) is 0.786. The largest absolute Gasteiger partial charge is 0.322 e. The van der Waals surface area contributed by atoms with Gasteiger partial charge in [-0.15, -0.1) is 0 Å². The molecule has 0 atom stereocenters. The summed E-state index contributed by atoms with van der Waals surface area (Å²) in [5.74, 6) is 0.584. The molecular weight excluding hydrogens is 290 g/mol. The van der Waals surface area contributed by atoms with Crippen LogP contribution in [0.5, 0.6) is 0 Å². The SMILES string of the molecule is CS(=O)(=O)N1CCN(C(=O)N/C=C/C2CCCCC2)CC1. The Balaban J connectivity index is 1.73. The van der Waals surface area contributed by atoms with Crippen molar-refractivity contribution in [2.45, 2.75) is 32.1 Å². The molecule has 7 heteroatoms. The lowest BCUT2D eigenvalue weighted by Crippen LogP contribution is -2.52. The van der Waals surface area contributed by atoms with Crippen molar-refractivity contribution in [2.75, 3.05) is 32.4 Å². The van der Waals surface area contributed by atoms with Gasteiger partial charge in [0.25, 0.3) is 0 Å². The highest BCUT2D eigenvalue weighted by Crippen LogP contribution is 2.24. The summed E-state index contributed by atoms with van der Waals surface area (Å²) in [6.45, 7) is 1.63. The lowest BCUT2D eigenvalue weighted by molar-refractivity contribution is 0.175. The maximum atomic E-state index is 12.0. The number of nitrogens with zero attached hydrogens (tertiary/aromatic N) is 2. The zero-order valence-corrected chi connectivity index (χ0v) is 13.4. The molecule has 1 heterocycles. The molecule has 1 aliphatic carbocycles. The lowest BCUT2D eigenvalue weighted by atomic mass is 9.89. The van der Waals surface area contributed by atoms with E-state index in [9.17, 15) is 13.2 Å². The fourth-order valence-electron chi connectivity index (χ4n) is 2.90. The van der Waals surface area contributed by atoms with Gasteiger partial charge in [0.1, 0.15) is 0 Å². The Labute approximate surface area is 127 Å². The summed E-state index contributed by atoms with van der Waals surface area (Å²) in [5, 5.41) is 2.79. The van der Waals surface area contributed by atoms with E-state index in [-0.39, 0.29) is 6.03 Å². The quantitative estimate of drug-likeness (QED) is 0.855. The van der Waals surface area contributed by atoms with Crippen LogP contribution >= 0.6 is 0 Å². The summed E-state index contributed by atoms with van der Waals surface area (Å²) in [7, 11) is -3.15. The molecule has 6 nitrogen and oxygen atoms in total. The third kappa shape index (κ3) is 5.00. The van der Waals surface area contributed by atoms with E-state index in [1.165, 1.54) is 42.7 Å². The summed E-state index contributed by atoms with van der Waals surface area (Å²) in [6.07, 6.45) is 11.3. The van der Waals surface area contributed by atoms with Crippen LogP contribution in [-0.2, 0) is 10.0 Å². The van der Waals surface area contributed by atoms with Crippen LogP contribution in [0.1, 0.15) is 32.1 Å². The van der Waals surface area contributed by atoms with Crippen molar-refractivity contribution in [1.82, 2.24) is 14.5 Å². The normalized spacial score (nSPS) is 22.6. The summed E-state index contributed by atoms with van der Waals surface area (Å²) in [5.41, 5.74) is 0. The van der Waals surface area contributed by atoms with Gasteiger partial charge in [-0.25, -0.2) is 13.2 Å². The van der Waals surface area contributed by atoms with E-state index in [0.29, 0.717) is 32.1 Å². The zero-order valence-electron chi connectivity index (χ0n) is 12.6. The topological polar surface area (TPSA) is 69.7 Å². The number of nitrogens with one attached hydrogen (secondary N) is 1. The van der Waals surface area contributed by atoms with E-state index in [1.54, 1.807) is 11.1 Å². The van der Waals surface area contributed by atoms with Gasteiger partial charge in [0.2, 0.25) is 10.0 Å². The highest BCUT2D eigenvalue weighted by Gasteiger charge is 2.25. The number of hydrogen-bond acceptors (Lipinski definition) is 3. The average molecular weight is 315 g/mol. The van der Waals surface area contributed by atoms with Gasteiger partial charge < -0.3 is 10.2 Å². The first-order valence-electron chi connectivity index (χ1n) is 7.64. The van der Waals surface area contributed by atoms with Crippen LogP contribution in [0.3, 0.4) is 0 Å². The molecule has 1 N–H and O–H groups in total. The van der Waals surface area contributed by atoms with Gasteiger partial charge in [0, 0.05) is 32.4 Å². The second kappa shape index (κ2) is 7.26. The Morgan fingerprint density at radius 3 is 2.29 bits per heavy atom. The second-order valence-electron chi connectivity index (χ2n) is 5.86. The minimum Gasteiger partial charge on any atom is -0.322 e. The number of rotatable bonds is 3. The van der Waals surface area contributed by atoms with E-state index in [2.05, 4.69) is 11.4 Å². The number of urea groups is 1. The predicted octanol–water partition coefficient (Wildman–Crippen LogP) is 1.37. The van der Waals surface area contributed by atoms with E-state index in [0.717, 1.165) is 0 Å². The maximum absolute atomic E-state index is 12.0. The molecule has 0 radical (unpaired) electrons. The molecule has 2 aliphatic rings. The van der Waals surface area contributed by atoms with Crippen LogP contribution in [0.2, 0.25) is 0 Å². The first-order chi connectivity index (χ1) is 9.97. The van der Waals surface area contributed by atoms with Gasteiger partial charge in [-0.1, -0.05) is 25.3 Å². The average Bonchev–Trinajstić information content (AvgIpc) is 2.47. The minimum atomic E-state index is -3.15. The fourth-order valence-corrected chi connectivity index (χ4v) is 3.72. The molecule has 2 amide bonds. The molecule has 120 valence electrons. The summed E-state index contributed by atoms with van der Waals surface area (Å²) < 4.78 is 24.2. The van der Waals surface area contributed by atoms with Gasteiger partial charge in [-0.3, -0.25) is 0 Å². The number of carbonyl (C=O) groups excluding carboxylic acids is 1. The molecule has 2 fully saturated rings. The molecule has 0 spiro atoms. The number of allylic oxidation sites excluding steroid dienone is 1. The van der Waals surface area contributed by atoms with Crippen LogP contribution < -0.4 is 5.32 Å². The molecular formula is C14H25N3O3S.